The van der Waals surface area contributed by atoms with Crippen LogP contribution >= 0.6 is 0 Å². The molecule has 3 saturated heterocycles. The molecular weight excluding hydrogens is 298 g/mol. The number of hydrogen-bond donors (Lipinski definition) is 0. The van der Waals surface area contributed by atoms with Crippen molar-refractivity contribution in [3.05, 3.63) is 54.1 Å². The Morgan fingerprint density at radius 3 is 2.38 bits per heavy atom. The van der Waals surface area contributed by atoms with Gasteiger partial charge in [-0.25, -0.2) is 0 Å². The molecule has 1 atom stereocenters. The molecule has 2 bridgehead atoms. The van der Waals surface area contributed by atoms with Crippen LogP contribution in [0.2, 0.25) is 0 Å². The maximum Gasteiger partial charge on any atom is 0.153 e. The van der Waals surface area contributed by atoms with Gasteiger partial charge in [-0.3, -0.25) is 9.69 Å². The summed E-state index contributed by atoms with van der Waals surface area (Å²) in [7, 11) is 1.71. The van der Waals surface area contributed by atoms with E-state index >= 15 is 0 Å². The van der Waals surface area contributed by atoms with E-state index in [1.807, 2.05) is 18.2 Å². The maximum absolute atomic E-state index is 12.7. The number of fused-ring (bicyclic) bond motifs is 3. The minimum absolute atomic E-state index is 0.0494. The highest BCUT2D eigenvalue weighted by Crippen LogP contribution is 2.35. The molecule has 2 aromatic carbocycles. The molecule has 0 amide bonds. The van der Waals surface area contributed by atoms with Crippen LogP contribution in [0.15, 0.2) is 48.5 Å². The third-order valence-electron chi connectivity index (χ3n) is 5.53. The molecule has 2 aromatic rings. The Morgan fingerprint density at radius 2 is 1.67 bits per heavy atom. The van der Waals surface area contributed by atoms with Crippen LogP contribution in [0.4, 0.5) is 0 Å². The number of carbonyl (C=O) groups excluding carboxylic acids is 1. The van der Waals surface area contributed by atoms with Crippen molar-refractivity contribution in [3.8, 4) is 16.9 Å². The van der Waals surface area contributed by atoms with Crippen LogP contribution in [0.1, 0.15) is 18.4 Å². The van der Waals surface area contributed by atoms with Crippen molar-refractivity contribution in [2.75, 3.05) is 20.2 Å². The standard InChI is InChI=1S/C21H23NO2/c1-24-20-9-5-4-8-18(20)17-7-3-2-6-16(17)14-19-21(23)15-10-12-22(19)13-11-15/h2-9,15,19H,10-14H2,1H3. The van der Waals surface area contributed by atoms with Crippen LogP contribution in [-0.2, 0) is 11.2 Å². The first-order valence-corrected chi connectivity index (χ1v) is 8.77. The van der Waals surface area contributed by atoms with Gasteiger partial charge in [0, 0.05) is 11.5 Å². The molecule has 3 heterocycles. The van der Waals surface area contributed by atoms with E-state index in [0.29, 0.717) is 11.7 Å². The summed E-state index contributed by atoms with van der Waals surface area (Å²) in [4.78, 5) is 15.1. The molecular formula is C21H23NO2. The number of piperidine rings is 3. The summed E-state index contributed by atoms with van der Waals surface area (Å²) in [5.41, 5.74) is 3.50. The van der Waals surface area contributed by atoms with Gasteiger partial charge in [-0.15, -0.1) is 0 Å². The number of benzene rings is 2. The lowest BCUT2D eigenvalue weighted by Gasteiger charge is -2.44. The summed E-state index contributed by atoms with van der Waals surface area (Å²) in [6.45, 7) is 2.13. The molecule has 3 fully saturated rings. The highest BCUT2D eigenvalue weighted by molar-refractivity contribution is 5.88. The first-order chi connectivity index (χ1) is 11.8. The molecule has 0 aliphatic carbocycles. The van der Waals surface area contributed by atoms with E-state index in [4.69, 9.17) is 4.74 Å². The second-order valence-corrected chi connectivity index (χ2v) is 6.79. The van der Waals surface area contributed by atoms with Crippen LogP contribution in [-0.4, -0.2) is 36.9 Å². The first-order valence-electron chi connectivity index (χ1n) is 8.77. The summed E-state index contributed by atoms with van der Waals surface area (Å²) >= 11 is 0. The predicted octanol–water partition coefficient (Wildman–Crippen LogP) is 3.57. The van der Waals surface area contributed by atoms with E-state index in [-0.39, 0.29) is 6.04 Å². The predicted molar refractivity (Wildman–Crippen MR) is 95.2 cm³/mol. The number of nitrogens with zero attached hydrogens (tertiary/aromatic N) is 1. The maximum atomic E-state index is 12.7. The van der Waals surface area contributed by atoms with Gasteiger partial charge in [0.1, 0.15) is 5.75 Å². The lowest BCUT2D eigenvalue weighted by molar-refractivity contribution is -0.136. The fourth-order valence-corrected chi connectivity index (χ4v) is 4.21. The lowest BCUT2D eigenvalue weighted by atomic mass is 9.79. The number of hydrogen-bond acceptors (Lipinski definition) is 3. The van der Waals surface area contributed by atoms with Crippen molar-refractivity contribution in [2.24, 2.45) is 5.92 Å². The third kappa shape index (κ3) is 2.63. The van der Waals surface area contributed by atoms with Crippen molar-refractivity contribution < 1.29 is 9.53 Å². The van der Waals surface area contributed by atoms with Gasteiger partial charge in [-0.1, -0.05) is 42.5 Å². The Balaban J connectivity index is 1.69. The van der Waals surface area contributed by atoms with Crippen LogP contribution in [0.3, 0.4) is 0 Å². The summed E-state index contributed by atoms with van der Waals surface area (Å²) in [5, 5.41) is 0. The normalized spacial score (nSPS) is 25.7. The zero-order valence-electron chi connectivity index (χ0n) is 14.1. The van der Waals surface area contributed by atoms with Gasteiger partial charge in [0.2, 0.25) is 0 Å². The Bertz CT molecular complexity index is 747. The van der Waals surface area contributed by atoms with E-state index in [9.17, 15) is 4.79 Å². The van der Waals surface area contributed by atoms with E-state index in [2.05, 4.69) is 35.2 Å². The minimum atomic E-state index is 0.0494. The molecule has 0 spiro atoms. The molecule has 0 saturated carbocycles. The van der Waals surface area contributed by atoms with Crippen LogP contribution in [0, 0.1) is 5.92 Å². The lowest BCUT2D eigenvalue weighted by Crippen LogP contribution is -2.56. The highest BCUT2D eigenvalue weighted by Gasteiger charge is 2.40. The molecule has 24 heavy (non-hydrogen) atoms. The number of ketones is 1. The molecule has 3 heteroatoms. The SMILES string of the molecule is COc1ccccc1-c1ccccc1CC1C(=O)C2CCN1CC2. The van der Waals surface area contributed by atoms with Crippen molar-refractivity contribution in [2.45, 2.75) is 25.3 Å². The van der Waals surface area contributed by atoms with Gasteiger partial charge in [0.05, 0.1) is 13.2 Å². The molecule has 0 aromatic heterocycles. The number of Topliss-reactive ketones (excluding diaryl/α,β-unsaturated/α-hetero) is 1. The van der Waals surface area contributed by atoms with Crippen LogP contribution in [0.25, 0.3) is 11.1 Å². The van der Waals surface area contributed by atoms with Gasteiger partial charge in [0.15, 0.2) is 5.78 Å². The minimum Gasteiger partial charge on any atom is -0.496 e. The average molecular weight is 321 g/mol. The average Bonchev–Trinajstić information content (AvgIpc) is 2.65. The fourth-order valence-electron chi connectivity index (χ4n) is 4.21. The first kappa shape index (κ1) is 15.4. The second-order valence-electron chi connectivity index (χ2n) is 6.79. The summed E-state index contributed by atoms with van der Waals surface area (Å²) < 4.78 is 5.54. The Morgan fingerprint density at radius 1 is 1.00 bits per heavy atom. The molecule has 124 valence electrons. The number of ether oxygens (including phenoxy) is 1. The monoisotopic (exact) mass is 321 g/mol. The number of para-hydroxylation sites is 1. The summed E-state index contributed by atoms with van der Waals surface area (Å²) in [6, 6.07) is 16.6. The largest absolute Gasteiger partial charge is 0.496 e. The molecule has 1 unspecified atom stereocenters. The zero-order chi connectivity index (χ0) is 16.5. The van der Waals surface area contributed by atoms with Crippen LogP contribution in [0.5, 0.6) is 5.75 Å². The summed E-state index contributed by atoms with van der Waals surface area (Å²) in [5.74, 6) is 1.61. The fraction of sp³-hybridized carbons (Fsp3) is 0.381. The van der Waals surface area contributed by atoms with Gasteiger partial charge in [-0.05, 0) is 49.5 Å². The van der Waals surface area contributed by atoms with Crippen LogP contribution < -0.4 is 4.74 Å². The number of rotatable bonds is 4. The van der Waals surface area contributed by atoms with Gasteiger partial charge >= 0.3 is 0 Å². The van der Waals surface area contributed by atoms with E-state index in [0.717, 1.165) is 43.7 Å². The highest BCUT2D eigenvalue weighted by atomic mass is 16.5. The molecule has 0 N–H and O–H groups in total. The van der Waals surface area contributed by atoms with Gasteiger partial charge in [-0.2, -0.15) is 0 Å². The zero-order valence-corrected chi connectivity index (χ0v) is 14.1. The Kier molecular flexibility index (Phi) is 4.11. The van der Waals surface area contributed by atoms with Crippen molar-refractivity contribution in [3.63, 3.8) is 0 Å². The van der Waals surface area contributed by atoms with Crippen molar-refractivity contribution >= 4 is 5.78 Å². The van der Waals surface area contributed by atoms with Gasteiger partial charge < -0.3 is 4.74 Å². The quantitative estimate of drug-likeness (QED) is 0.862. The van der Waals surface area contributed by atoms with Crippen molar-refractivity contribution in [1.29, 1.82) is 0 Å². The number of methoxy groups -OCH3 is 1. The molecule has 5 rings (SSSR count). The van der Waals surface area contributed by atoms with E-state index < -0.39 is 0 Å². The van der Waals surface area contributed by atoms with Crippen molar-refractivity contribution in [1.82, 2.24) is 4.90 Å². The molecule has 3 aliphatic heterocycles. The Hall–Kier alpha value is -2.13. The molecule has 3 nitrogen and oxygen atoms in total. The summed E-state index contributed by atoms with van der Waals surface area (Å²) in [6.07, 6.45) is 2.89. The third-order valence-corrected chi connectivity index (χ3v) is 5.53. The van der Waals surface area contributed by atoms with Gasteiger partial charge in [0.25, 0.3) is 0 Å². The molecule has 0 radical (unpaired) electrons. The smallest absolute Gasteiger partial charge is 0.153 e. The number of carbonyl (C=O) groups is 1. The van der Waals surface area contributed by atoms with E-state index in [1.165, 1.54) is 11.1 Å². The topological polar surface area (TPSA) is 29.5 Å². The molecule has 3 aliphatic rings. The van der Waals surface area contributed by atoms with E-state index in [1.54, 1.807) is 7.11 Å². The second kappa shape index (κ2) is 6.40. The Labute approximate surface area is 143 Å².